The average Bonchev–Trinajstić information content (AvgIpc) is 2.43. The fourth-order valence-electron chi connectivity index (χ4n) is 1.64. The maximum Gasteiger partial charge on any atom is 0.323 e. The highest BCUT2D eigenvalue weighted by atomic mass is 16.5. The molecule has 0 aliphatic rings. The van der Waals surface area contributed by atoms with Gasteiger partial charge in [-0.3, -0.25) is 4.79 Å². The van der Waals surface area contributed by atoms with Gasteiger partial charge in [0.05, 0.1) is 7.11 Å². The number of carbonyl (C=O) groups is 2. The highest BCUT2D eigenvalue weighted by molar-refractivity contribution is 5.91. The Hall–Kier alpha value is -2.28. The van der Waals surface area contributed by atoms with Crippen LogP contribution in [-0.4, -0.2) is 67.7 Å². The maximum atomic E-state index is 12.2. The molecule has 0 saturated heterocycles. The smallest absolute Gasteiger partial charge is 0.323 e. The summed E-state index contributed by atoms with van der Waals surface area (Å²) in [6, 6.07) is 6.44. The lowest BCUT2D eigenvalue weighted by Gasteiger charge is -2.23. The van der Waals surface area contributed by atoms with E-state index in [-0.39, 0.29) is 6.54 Å². The van der Waals surface area contributed by atoms with Crippen LogP contribution in [0.4, 0.5) is 10.5 Å². The van der Waals surface area contributed by atoms with E-state index in [9.17, 15) is 9.59 Å². The number of nitrogens with zero attached hydrogens (tertiary/aromatic N) is 2. The third-order valence-corrected chi connectivity index (χ3v) is 2.75. The summed E-state index contributed by atoms with van der Waals surface area (Å²) < 4.78 is 5.07. The van der Waals surface area contributed by atoms with Crippen molar-refractivity contribution in [2.45, 2.75) is 0 Å². The Morgan fingerprint density at radius 1 is 1.29 bits per heavy atom. The van der Waals surface area contributed by atoms with Gasteiger partial charge in [-0.2, -0.15) is 0 Å². The Morgan fingerprint density at radius 3 is 2.57 bits per heavy atom. The second-order valence-corrected chi connectivity index (χ2v) is 4.78. The summed E-state index contributed by atoms with van der Waals surface area (Å²) in [7, 11) is 5.26. The number of anilines is 1. The normalized spacial score (nSPS) is 10.3. The van der Waals surface area contributed by atoms with Gasteiger partial charge in [-0.05, 0) is 26.2 Å². The highest BCUT2D eigenvalue weighted by Gasteiger charge is 2.17. The van der Waals surface area contributed by atoms with Gasteiger partial charge in [0.15, 0.2) is 0 Å². The number of benzene rings is 1. The van der Waals surface area contributed by atoms with Gasteiger partial charge in [-0.1, -0.05) is 6.07 Å². The molecule has 0 fully saturated rings. The first kappa shape index (κ1) is 16.8. The van der Waals surface area contributed by atoms with E-state index in [1.807, 2.05) is 19.0 Å². The lowest BCUT2D eigenvalue weighted by Crippen LogP contribution is -2.42. The van der Waals surface area contributed by atoms with Gasteiger partial charge in [-0.25, -0.2) is 4.79 Å². The fraction of sp³-hybridized carbons (Fsp3) is 0.429. The molecular formula is C14H21N3O4. The van der Waals surface area contributed by atoms with Crippen molar-refractivity contribution in [3.8, 4) is 5.75 Å². The van der Waals surface area contributed by atoms with Crippen LogP contribution in [0.3, 0.4) is 0 Å². The van der Waals surface area contributed by atoms with Gasteiger partial charge in [0.25, 0.3) is 0 Å². The van der Waals surface area contributed by atoms with Crippen LogP contribution in [-0.2, 0) is 4.79 Å². The largest absolute Gasteiger partial charge is 0.497 e. The van der Waals surface area contributed by atoms with E-state index in [0.29, 0.717) is 24.5 Å². The van der Waals surface area contributed by atoms with E-state index in [4.69, 9.17) is 9.84 Å². The third-order valence-electron chi connectivity index (χ3n) is 2.75. The Bertz CT molecular complexity index is 491. The number of amides is 2. The first-order valence-electron chi connectivity index (χ1n) is 6.49. The number of nitrogens with one attached hydrogen (secondary N) is 1. The zero-order chi connectivity index (χ0) is 15.8. The lowest BCUT2D eigenvalue weighted by atomic mass is 10.3. The van der Waals surface area contributed by atoms with Crippen molar-refractivity contribution in [2.24, 2.45) is 0 Å². The molecule has 0 heterocycles. The van der Waals surface area contributed by atoms with Crippen LogP contribution in [0.5, 0.6) is 5.75 Å². The van der Waals surface area contributed by atoms with Crippen LogP contribution in [0, 0.1) is 0 Å². The molecule has 0 aliphatic carbocycles. The molecule has 0 unspecified atom stereocenters. The first-order valence-corrected chi connectivity index (χ1v) is 6.49. The zero-order valence-corrected chi connectivity index (χ0v) is 12.5. The molecule has 0 atom stereocenters. The minimum absolute atomic E-state index is 0.328. The number of aliphatic carboxylic acids is 1. The summed E-state index contributed by atoms with van der Waals surface area (Å²) in [6.07, 6.45) is 0. The van der Waals surface area contributed by atoms with E-state index in [1.54, 1.807) is 24.3 Å². The minimum atomic E-state index is -1.05. The van der Waals surface area contributed by atoms with Crippen molar-refractivity contribution in [2.75, 3.05) is 46.2 Å². The quantitative estimate of drug-likeness (QED) is 0.789. The number of methoxy groups -OCH3 is 1. The topological polar surface area (TPSA) is 82.1 Å². The van der Waals surface area contributed by atoms with Crippen LogP contribution in [0.2, 0.25) is 0 Å². The van der Waals surface area contributed by atoms with Gasteiger partial charge in [0.1, 0.15) is 12.3 Å². The third kappa shape index (κ3) is 6.13. The predicted molar refractivity (Wildman–Crippen MR) is 79.8 cm³/mol. The number of hydrogen-bond donors (Lipinski definition) is 2. The number of rotatable bonds is 7. The molecule has 1 aromatic rings. The Balaban J connectivity index is 2.72. The van der Waals surface area contributed by atoms with E-state index < -0.39 is 12.0 Å². The molecule has 0 saturated carbocycles. The fourth-order valence-corrected chi connectivity index (χ4v) is 1.64. The molecule has 0 spiro atoms. The molecule has 0 radical (unpaired) electrons. The number of carbonyl (C=O) groups excluding carboxylic acids is 1. The molecule has 1 aromatic carbocycles. The number of likely N-dealkylation sites (N-methyl/N-ethyl adjacent to an activating group) is 1. The molecule has 116 valence electrons. The Kier molecular flexibility index (Phi) is 6.48. The number of ether oxygens (including phenoxy) is 1. The van der Waals surface area contributed by atoms with Gasteiger partial charge in [-0.15, -0.1) is 0 Å². The van der Waals surface area contributed by atoms with E-state index in [2.05, 4.69) is 5.32 Å². The molecule has 0 aliphatic heterocycles. The monoisotopic (exact) mass is 295 g/mol. The molecule has 2 amide bonds. The van der Waals surface area contributed by atoms with E-state index in [0.717, 1.165) is 0 Å². The molecular weight excluding hydrogens is 274 g/mol. The number of hydrogen-bond acceptors (Lipinski definition) is 4. The molecule has 2 N–H and O–H groups in total. The summed E-state index contributed by atoms with van der Waals surface area (Å²) in [5.41, 5.74) is 0.555. The van der Waals surface area contributed by atoms with Crippen LogP contribution in [0.1, 0.15) is 0 Å². The molecule has 7 heteroatoms. The van der Waals surface area contributed by atoms with E-state index in [1.165, 1.54) is 12.0 Å². The number of urea groups is 1. The second kappa shape index (κ2) is 8.11. The molecule has 1 rings (SSSR count). The van der Waals surface area contributed by atoms with Crippen LogP contribution >= 0.6 is 0 Å². The zero-order valence-electron chi connectivity index (χ0n) is 12.5. The predicted octanol–water partition coefficient (Wildman–Crippen LogP) is 1.18. The van der Waals surface area contributed by atoms with Crippen LogP contribution in [0.25, 0.3) is 0 Å². The van der Waals surface area contributed by atoms with E-state index >= 15 is 0 Å². The van der Waals surface area contributed by atoms with Crippen molar-refractivity contribution in [1.82, 2.24) is 9.80 Å². The SMILES string of the molecule is COc1cccc(NC(=O)N(CCN(C)C)CC(=O)O)c1. The van der Waals surface area contributed by atoms with Gasteiger partial charge in [0.2, 0.25) is 0 Å². The van der Waals surface area contributed by atoms with Crippen LogP contribution < -0.4 is 10.1 Å². The van der Waals surface area contributed by atoms with Crippen molar-refractivity contribution in [3.63, 3.8) is 0 Å². The Labute approximate surface area is 124 Å². The number of carboxylic acids is 1. The molecule has 7 nitrogen and oxygen atoms in total. The molecule has 21 heavy (non-hydrogen) atoms. The van der Waals surface area contributed by atoms with Crippen molar-refractivity contribution in [1.29, 1.82) is 0 Å². The first-order chi connectivity index (χ1) is 9.92. The van der Waals surface area contributed by atoms with Gasteiger partial charge in [0, 0.05) is 24.8 Å². The second-order valence-electron chi connectivity index (χ2n) is 4.78. The van der Waals surface area contributed by atoms with Crippen molar-refractivity contribution < 1.29 is 19.4 Å². The standard InChI is InChI=1S/C14H21N3O4/c1-16(2)7-8-17(10-13(18)19)14(20)15-11-5-4-6-12(9-11)21-3/h4-6,9H,7-8,10H2,1-3H3,(H,15,20)(H,18,19). The van der Waals surface area contributed by atoms with Crippen molar-refractivity contribution >= 4 is 17.7 Å². The number of carboxylic acid groups (broad SMARTS) is 1. The minimum Gasteiger partial charge on any atom is -0.497 e. The molecule has 0 bridgehead atoms. The highest BCUT2D eigenvalue weighted by Crippen LogP contribution is 2.17. The van der Waals surface area contributed by atoms with Gasteiger partial charge >= 0.3 is 12.0 Å². The van der Waals surface area contributed by atoms with Crippen LogP contribution in [0.15, 0.2) is 24.3 Å². The molecule has 0 aromatic heterocycles. The lowest BCUT2D eigenvalue weighted by molar-refractivity contribution is -0.137. The average molecular weight is 295 g/mol. The summed E-state index contributed by atoms with van der Waals surface area (Å²) in [5.74, 6) is -0.430. The summed E-state index contributed by atoms with van der Waals surface area (Å²) >= 11 is 0. The Morgan fingerprint density at radius 2 is 2.00 bits per heavy atom. The van der Waals surface area contributed by atoms with Gasteiger partial charge < -0.3 is 25.0 Å². The summed E-state index contributed by atoms with van der Waals surface area (Å²) in [6.45, 7) is 0.567. The van der Waals surface area contributed by atoms with Crippen molar-refractivity contribution in [3.05, 3.63) is 24.3 Å². The summed E-state index contributed by atoms with van der Waals surface area (Å²) in [5, 5.41) is 11.6. The summed E-state index contributed by atoms with van der Waals surface area (Å²) in [4.78, 5) is 26.1. The maximum absolute atomic E-state index is 12.2.